The van der Waals surface area contributed by atoms with Crippen molar-refractivity contribution in [2.45, 2.75) is 43.0 Å². The van der Waals surface area contributed by atoms with Gasteiger partial charge in [0.2, 0.25) is 10.0 Å². The van der Waals surface area contributed by atoms with Crippen LogP contribution in [0.5, 0.6) is 0 Å². The molecule has 0 radical (unpaired) electrons. The van der Waals surface area contributed by atoms with Gasteiger partial charge in [-0.2, -0.15) is 4.31 Å². The zero-order chi connectivity index (χ0) is 17.2. The highest BCUT2D eigenvalue weighted by atomic mass is 32.2. The highest BCUT2D eigenvalue weighted by Crippen LogP contribution is 2.29. The number of nitrogens with zero attached hydrogens (tertiary/aromatic N) is 1. The topological polar surface area (TPSA) is 79.5 Å². The monoisotopic (exact) mass is 370 g/mol. The minimum absolute atomic E-state index is 0.0274. The van der Waals surface area contributed by atoms with Crippen molar-refractivity contribution in [2.75, 3.05) is 20.3 Å². The third kappa shape index (κ3) is 3.56. The molecule has 8 heteroatoms. The van der Waals surface area contributed by atoms with E-state index < -0.39 is 10.0 Å². The van der Waals surface area contributed by atoms with Gasteiger partial charge in [0.1, 0.15) is 0 Å². The molecule has 1 N–H and O–H groups in total. The summed E-state index contributed by atoms with van der Waals surface area (Å²) in [6.45, 7) is 1.20. The van der Waals surface area contributed by atoms with E-state index in [1.165, 1.54) is 0 Å². The lowest BCUT2D eigenvalue weighted by molar-refractivity contribution is 0.172. The smallest absolute Gasteiger partial charge is 0.305 e. The maximum atomic E-state index is 13.1. The van der Waals surface area contributed by atoms with Gasteiger partial charge in [-0.15, -0.1) is 0 Å². The number of H-pyrrole nitrogens is 1. The molecular weight excluding hydrogens is 348 g/mol. The van der Waals surface area contributed by atoms with E-state index in [4.69, 9.17) is 4.74 Å². The van der Waals surface area contributed by atoms with Gasteiger partial charge in [0.25, 0.3) is 0 Å². The number of piperidine rings is 1. The molecule has 1 atom stereocenters. The van der Waals surface area contributed by atoms with Crippen LogP contribution in [0.3, 0.4) is 0 Å². The van der Waals surface area contributed by atoms with Crippen molar-refractivity contribution in [3.63, 3.8) is 0 Å². The van der Waals surface area contributed by atoms with E-state index in [1.807, 2.05) is 0 Å². The summed E-state index contributed by atoms with van der Waals surface area (Å²) in [6.07, 6.45) is 4.50. The summed E-state index contributed by atoms with van der Waals surface area (Å²) in [5.41, 5.74) is 0.680. The first-order valence-electron chi connectivity index (χ1n) is 8.16. The number of nitrogens with one attached hydrogen (secondary N) is 1. The van der Waals surface area contributed by atoms with Crippen LogP contribution < -0.4 is 4.87 Å². The summed E-state index contributed by atoms with van der Waals surface area (Å²) in [5.74, 6) is 0. The summed E-state index contributed by atoms with van der Waals surface area (Å²) >= 11 is 1.04. The van der Waals surface area contributed by atoms with Crippen molar-refractivity contribution in [2.24, 2.45) is 0 Å². The molecule has 0 spiro atoms. The fraction of sp³-hybridized carbons (Fsp3) is 0.562. The fourth-order valence-corrected chi connectivity index (χ4v) is 5.86. The molecule has 3 rings (SSSR count). The van der Waals surface area contributed by atoms with E-state index in [-0.39, 0.29) is 15.8 Å². The van der Waals surface area contributed by atoms with Crippen LogP contribution in [-0.2, 0) is 14.8 Å². The molecule has 1 aromatic carbocycles. The number of benzene rings is 1. The Labute approximate surface area is 145 Å². The number of fused-ring (bicyclic) bond motifs is 1. The molecule has 0 bridgehead atoms. The SMILES string of the molecule is COCCC[C@@H]1CCCCN1S(=O)(=O)c1ccc2[nH]c(=O)sc2c1. The maximum Gasteiger partial charge on any atom is 0.305 e. The molecule has 6 nitrogen and oxygen atoms in total. The molecule has 1 fully saturated rings. The number of sulfonamides is 1. The first-order chi connectivity index (χ1) is 11.5. The second kappa shape index (κ2) is 7.35. The standard InChI is InChI=1S/C16H22N2O4S2/c1-22-10-4-6-12-5-2-3-9-18(12)24(20,21)13-7-8-14-15(11-13)23-16(19)17-14/h7-8,11-12H,2-6,9-10H2,1H3,(H,17,19)/t12-/m0/s1. The second-order valence-corrected chi connectivity index (χ2v) is 8.98. The highest BCUT2D eigenvalue weighted by Gasteiger charge is 2.33. The van der Waals surface area contributed by atoms with Gasteiger partial charge in [0.15, 0.2) is 0 Å². The van der Waals surface area contributed by atoms with Crippen molar-refractivity contribution in [3.05, 3.63) is 27.9 Å². The Morgan fingerprint density at radius 2 is 2.21 bits per heavy atom. The summed E-state index contributed by atoms with van der Waals surface area (Å²) in [6, 6.07) is 4.89. The largest absolute Gasteiger partial charge is 0.385 e. The minimum Gasteiger partial charge on any atom is -0.385 e. The van der Waals surface area contributed by atoms with Gasteiger partial charge in [0, 0.05) is 26.3 Å². The Morgan fingerprint density at radius 1 is 1.38 bits per heavy atom. The molecule has 1 saturated heterocycles. The maximum absolute atomic E-state index is 13.1. The van der Waals surface area contributed by atoms with Crippen molar-refractivity contribution < 1.29 is 13.2 Å². The van der Waals surface area contributed by atoms with Gasteiger partial charge in [-0.1, -0.05) is 17.8 Å². The number of hydrogen-bond donors (Lipinski definition) is 1. The quantitative estimate of drug-likeness (QED) is 0.793. The Kier molecular flexibility index (Phi) is 5.39. The van der Waals surface area contributed by atoms with Gasteiger partial charge < -0.3 is 9.72 Å². The van der Waals surface area contributed by atoms with Crippen molar-refractivity contribution in [3.8, 4) is 0 Å². The molecule has 1 aromatic heterocycles. The summed E-state index contributed by atoms with van der Waals surface area (Å²) < 4.78 is 33.6. The molecule has 0 unspecified atom stereocenters. The predicted octanol–water partition coefficient (Wildman–Crippen LogP) is 2.56. The van der Waals surface area contributed by atoms with Crippen LogP contribution in [0.1, 0.15) is 32.1 Å². The molecule has 2 aromatic rings. The van der Waals surface area contributed by atoms with Crippen LogP contribution in [0, 0.1) is 0 Å². The van der Waals surface area contributed by atoms with Crippen LogP contribution in [-0.4, -0.2) is 44.0 Å². The number of aromatic amines is 1. The Bertz CT molecular complexity index is 856. The Hall–Kier alpha value is -1.22. The van der Waals surface area contributed by atoms with Crippen LogP contribution in [0.25, 0.3) is 10.2 Å². The van der Waals surface area contributed by atoms with E-state index >= 15 is 0 Å². The minimum atomic E-state index is -3.55. The molecular formula is C16H22N2O4S2. The van der Waals surface area contributed by atoms with Crippen molar-refractivity contribution in [1.29, 1.82) is 0 Å². The average molecular weight is 370 g/mol. The van der Waals surface area contributed by atoms with Gasteiger partial charge in [-0.25, -0.2) is 8.42 Å². The summed E-state index contributed by atoms with van der Waals surface area (Å²) in [5, 5.41) is 0. The lowest BCUT2D eigenvalue weighted by atomic mass is 10.0. The first kappa shape index (κ1) is 17.6. The summed E-state index contributed by atoms with van der Waals surface area (Å²) in [4.78, 5) is 14.2. The number of methoxy groups -OCH3 is 1. The van der Waals surface area contributed by atoms with E-state index in [2.05, 4.69) is 4.98 Å². The lowest BCUT2D eigenvalue weighted by Crippen LogP contribution is -2.43. The second-order valence-electron chi connectivity index (χ2n) is 6.07. The molecule has 132 valence electrons. The molecule has 0 aliphatic carbocycles. The van der Waals surface area contributed by atoms with Crippen molar-refractivity contribution >= 4 is 31.6 Å². The summed E-state index contributed by atoms with van der Waals surface area (Å²) in [7, 11) is -1.89. The zero-order valence-electron chi connectivity index (χ0n) is 13.7. The lowest BCUT2D eigenvalue weighted by Gasteiger charge is -2.34. The molecule has 0 amide bonds. The van der Waals surface area contributed by atoms with E-state index in [1.54, 1.807) is 29.6 Å². The van der Waals surface area contributed by atoms with E-state index in [0.29, 0.717) is 23.4 Å². The molecule has 1 aliphatic rings. The van der Waals surface area contributed by atoms with Crippen LogP contribution in [0.15, 0.2) is 27.9 Å². The van der Waals surface area contributed by atoms with Crippen LogP contribution in [0.4, 0.5) is 0 Å². The van der Waals surface area contributed by atoms with E-state index in [9.17, 15) is 13.2 Å². The number of ether oxygens (including phenoxy) is 1. The average Bonchev–Trinajstić information content (AvgIpc) is 2.94. The number of thiazole rings is 1. The number of hydrogen-bond acceptors (Lipinski definition) is 5. The third-order valence-corrected chi connectivity index (χ3v) is 7.25. The normalized spacial score (nSPS) is 19.8. The van der Waals surface area contributed by atoms with Gasteiger partial charge in [-0.05, 0) is 43.9 Å². The fourth-order valence-electron chi connectivity index (χ4n) is 3.26. The Balaban J connectivity index is 1.89. The zero-order valence-corrected chi connectivity index (χ0v) is 15.3. The highest BCUT2D eigenvalue weighted by molar-refractivity contribution is 7.89. The third-order valence-electron chi connectivity index (χ3n) is 4.46. The number of aromatic nitrogens is 1. The van der Waals surface area contributed by atoms with Gasteiger partial charge in [-0.3, -0.25) is 4.79 Å². The van der Waals surface area contributed by atoms with Crippen LogP contribution >= 0.6 is 11.3 Å². The molecule has 2 heterocycles. The molecule has 1 aliphatic heterocycles. The van der Waals surface area contributed by atoms with E-state index in [0.717, 1.165) is 43.4 Å². The molecule has 0 saturated carbocycles. The predicted molar refractivity (Wildman–Crippen MR) is 95.1 cm³/mol. The Morgan fingerprint density at radius 3 is 3.00 bits per heavy atom. The molecule has 24 heavy (non-hydrogen) atoms. The first-order valence-corrected chi connectivity index (χ1v) is 10.4. The van der Waals surface area contributed by atoms with Gasteiger partial charge >= 0.3 is 4.87 Å². The van der Waals surface area contributed by atoms with Crippen molar-refractivity contribution in [1.82, 2.24) is 9.29 Å². The van der Waals surface area contributed by atoms with Gasteiger partial charge in [0.05, 0.1) is 15.1 Å². The number of rotatable bonds is 6. The van der Waals surface area contributed by atoms with Crippen LogP contribution in [0.2, 0.25) is 0 Å².